The number of halogens is 1. The van der Waals surface area contributed by atoms with Gasteiger partial charge in [0.15, 0.2) is 5.82 Å². The third-order valence-corrected chi connectivity index (χ3v) is 3.91. The highest BCUT2D eigenvalue weighted by atomic mass is 35.5. The Labute approximate surface area is 121 Å². The molecule has 2 N–H and O–H groups in total. The number of nitrogens with two attached hydrogens (primary N) is 1. The molecular weight excluding hydrogens is 262 g/mol. The second kappa shape index (κ2) is 5.63. The Morgan fingerprint density at radius 3 is 2.42 bits per heavy atom. The van der Waals surface area contributed by atoms with Crippen LogP contribution in [0, 0.1) is 5.41 Å². The number of allylic oxidation sites excluding steroid dienone is 1. The van der Waals surface area contributed by atoms with Gasteiger partial charge in [-0.05, 0) is 25.2 Å². The monoisotopic (exact) mass is 285 g/mol. The van der Waals surface area contributed by atoms with Crippen LogP contribution in [0.1, 0.15) is 65.1 Å². The molecule has 1 heterocycles. The van der Waals surface area contributed by atoms with Gasteiger partial charge >= 0.3 is 0 Å². The van der Waals surface area contributed by atoms with Crippen molar-refractivity contribution in [3.05, 3.63) is 17.3 Å². The van der Waals surface area contributed by atoms with Crippen LogP contribution in [0.15, 0.2) is 10.1 Å². The highest BCUT2D eigenvalue weighted by molar-refractivity contribution is 5.85. The summed E-state index contributed by atoms with van der Waals surface area (Å²) in [7, 11) is 0. The highest BCUT2D eigenvalue weighted by Gasteiger charge is 2.35. The Morgan fingerprint density at radius 2 is 1.89 bits per heavy atom. The molecule has 0 atom stereocenters. The lowest BCUT2D eigenvalue weighted by molar-refractivity contribution is 0.363. The zero-order valence-electron chi connectivity index (χ0n) is 12.2. The summed E-state index contributed by atoms with van der Waals surface area (Å²) in [6.45, 7) is 8.57. The fraction of sp³-hybridized carbons (Fsp3) is 0.714. The van der Waals surface area contributed by atoms with Crippen molar-refractivity contribution in [2.75, 3.05) is 0 Å². The van der Waals surface area contributed by atoms with Crippen molar-refractivity contribution in [1.29, 1.82) is 0 Å². The molecule has 0 unspecified atom stereocenters. The third-order valence-electron chi connectivity index (χ3n) is 3.91. The summed E-state index contributed by atoms with van der Waals surface area (Å²) < 4.78 is 5.29. The molecular formula is C14H24ClN3O. The standard InChI is InChI=1S/C14H23N3O.ClH/c1-10(13(2,3)4)9-11-16-12(17-18-11)14(15)7-5-6-8-14;/h9H,5-8,15H2,1-4H3;1H/b10-9+;. The van der Waals surface area contributed by atoms with Gasteiger partial charge in [-0.15, -0.1) is 12.4 Å². The van der Waals surface area contributed by atoms with Crippen molar-refractivity contribution in [3.63, 3.8) is 0 Å². The first kappa shape index (κ1) is 16.2. The van der Waals surface area contributed by atoms with E-state index >= 15 is 0 Å². The molecule has 1 fully saturated rings. The van der Waals surface area contributed by atoms with Crippen molar-refractivity contribution in [2.24, 2.45) is 11.1 Å². The Balaban J connectivity index is 0.00000180. The zero-order chi connectivity index (χ0) is 13.4. The second-order valence-corrected chi connectivity index (χ2v) is 6.40. The minimum Gasteiger partial charge on any atom is -0.335 e. The molecule has 1 aliphatic carbocycles. The van der Waals surface area contributed by atoms with E-state index in [1.165, 1.54) is 5.57 Å². The lowest BCUT2D eigenvalue weighted by Crippen LogP contribution is -2.34. The van der Waals surface area contributed by atoms with Gasteiger partial charge in [-0.1, -0.05) is 44.3 Å². The summed E-state index contributed by atoms with van der Waals surface area (Å²) in [5.41, 5.74) is 7.27. The molecule has 108 valence electrons. The molecule has 2 rings (SSSR count). The maximum Gasteiger partial charge on any atom is 0.250 e. The normalized spacial score (nSPS) is 19.3. The highest BCUT2D eigenvalue weighted by Crippen LogP contribution is 2.35. The predicted octanol–water partition coefficient (Wildman–Crippen LogP) is 3.67. The van der Waals surface area contributed by atoms with Gasteiger partial charge in [0.1, 0.15) is 0 Å². The van der Waals surface area contributed by atoms with Crippen LogP contribution in [0.25, 0.3) is 6.08 Å². The summed E-state index contributed by atoms with van der Waals surface area (Å²) >= 11 is 0. The molecule has 1 aromatic rings. The molecule has 0 bridgehead atoms. The van der Waals surface area contributed by atoms with Gasteiger partial charge in [0.2, 0.25) is 0 Å². The van der Waals surface area contributed by atoms with Gasteiger partial charge in [-0.25, -0.2) is 0 Å². The first-order chi connectivity index (χ1) is 8.31. The molecule has 0 aromatic carbocycles. The van der Waals surface area contributed by atoms with Gasteiger partial charge in [0, 0.05) is 6.08 Å². The van der Waals surface area contributed by atoms with Gasteiger partial charge in [-0.3, -0.25) is 0 Å². The average molecular weight is 286 g/mol. The van der Waals surface area contributed by atoms with Crippen LogP contribution in [0.2, 0.25) is 0 Å². The van der Waals surface area contributed by atoms with Crippen molar-refractivity contribution in [1.82, 2.24) is 10.1 Å². The lowest BCUT2D eigenvalue weighted by Gasteiger charge is -2.18. The van der Waals surface area contributed by atoms with Gasteiger partial charge in [0.05, 0.1) is 5.54 Å². The minimum absolute atomic E-state index is 0. The van der Waals surface area contributed by atoms with Crippen LogP contribution < -0.4 is 5.73 Å². The quantitative estimate of drug-likeness (QED) is 0.900. The van der Waals surface area contributed by atoms with E-state index in [2.05, 4.69) is 37.8 Å². The van der Waals surface area contributed by atoms with E-state index in [0.29, 0.717) is 11.7 Å². The van der Waals surface area contributed by atoms with Crippen LogP contribution >= 0.6 is 12.4 Å². The first-order valence-electron chi connectivity index (χ1n) is 6.63. The summed E-state index contributed by atoms with van der Waals surface area (Å²) in [5, 5.41) is 4.05. The van der Waals surface area contributed by atoms with E-state index < -0.39 is 0 Å². The lowest BCUT2D eigenvalue weighted by atomic mass is 9.87. The molecule has 1 saturated carbocycles. The second-order valence-electron chi connectivity index (χ2n) is 6.40. The molecule has 0 amide bonds. The largest absolute Gasteiger partial charge is 0.335 e. The molecule has 0 radical (unpaired) electrons. The maximum atomic E-state index is 6.30. The van der Waals surface area contributed by atoms with Crippen molar-refractivity contribution >= 4 is 18.5 Å². The van der Waals surface area contributed by atoms with E-state index in [1.54, 1.807) is 0 Å². The summed E-state index contributed by atoms with van der Waals surface area (Å²) in [6.07, 6.45) is 6.16. The van der Waals surface area contributed by atoms with Crippen LogP contribution in [-0.4, -0.2) is 10.1 Å². The smallest absolute Gasteiger partial charge is 0.250 e. The number of aromatic nitrogens is 2. The fourth-order valence-corrected chi connectivity index (χ4v) is 2.13. The van der Waals surface area contributed by atoms with Gasteiger partial charge < -0.3 is 10.3 Å². The SMILES string of the molecule is C/C(=C\c1nc(C2(N)CCCC2)no1)C(C)(C)C.Cl. The van der Waals surface area contributed by atoms with Crippen LogP contribution in [-0.2, 0) is 5.54 Å². The van der Waals surface area contributed by atoms with E-state index in [1.807, 2.05) is 6.08 Å². The van der Waals surface area contributed by atoms with E-state index in [0.717, 1.165) is 25.7 Å². The Morgan fingerprint density at radius 1 is 1.32 bits per heavy atom. The van der Waals surface area contributed by atoms with Crippen LogP contribution in [0.4, 0.5) is 0 Å². The Kier molecular flexibility index (Phi) is 4.80. The average Bonchev–Trinajstić information content (AvgIpc) is 2.86. The third kappa shape index (κ3) is 3.57. The number of hydrogen-bond donors (Lipinski definition) is 1. The first-order valence-corrected chi connectivity index (χ1v) is 6.63. The molecule has 0 spiro atoms. The van der Waals surface area contributed by atoms with Gasteiger partial charge in [0.25, 0.3) is 5.89 Å². The minimum atomic E-state index is -0.370. The van der Waals surface area contributed by atoms with Crippen LogP contribution in [0.5, 0.6) is 0 Å². The number of nitrogens with zero attached hydrogens (tertiary/aromatic N) is 2. The Hall–Kier alpha value is -0.870. The summed E-state index contributed by atoms with van der Waals surface area (Å²) in [5.74, 6) is 1.22. The Bertz CT molecular complexity index is 454. The van der Waals surface area contributed by atoms with E-state index in [4.69, 9.17) is 10.3 Å². The topological polar surface area (TPSA) is 64.9 Å². The summed E-state index contributed by atoms with van der Waals surface area (Å²) in [4.78, 5) is 4.44. The molecule has 0 saturated heterocycles. The van der Waals surface area contributed by atoms with Gasteiger partial charge in [-0.2, -0.15) is 4.98 Å². The van der Waals surface area contributed by atoms with E-state index in [9.17, 15) is 0 Å². The van der Waals surface area contributed by atoms with E-state index in [-0.39, 0.29) is 23.4 Å². The van der Waals surface area contributed by atoms with Crippen molar-refractivity contribution in [3.8, 4) is 0 Å². The maximum absolute atomic E-state index is 6.30. The van der Waals surface area contributed by atoms with Crippen molar-refractivity contribution < 1.29 is 4.52 Å². The zero-order valence-corrected chi connectivity index (χ0v) is 13.0. The molecule has 0 aliphatic heterocycles. The molecule has 5 heteroatoms. The molecule has 1 aromatic heterocycles. The molecule has 1 aliphatic rings. The predicted molar refractivity (Wildman–Crippen MR) is 79.0 cm³/mol. The number of rotatable bonds is 2. The van der Waals surface area contributed by atoms with Crippen molar-refractivity contribution in [2.45, 2.75) is 58.9 Å². The number of hydrogen-bond acceptors (Lipinski definition) is 4. The fourth-order valence-electron chi connectivity index (χ4n) is 2.13. The molecule has 19 heavy (non-hydrogen) atoms. The summed E-state index contributed by atoms with van der Waals surface area (Å²) in [6, 6.07) is 0. The van der Waals surface area contributed by atoms with Crippen LogP contribution in [0.3, 0.4) is 0 Å². The molecule has 4 nitrogen and oxygen atoms in total.